The average Bonchev–Trinajstić information content (AvgIpc) is 2.41. The van der Waals surface area contributed by atoms with Crippen LogP contribution in [0.3, 0.4) is 0 Å². The van der Waals surface area contributed by atoms with E-state index in [0.29, 0.717) is 0 Å². The van der Waals surface area contributed by atoms with E-state index in [0.717, 1.165) is 4.90 Å². The zero-order valence-corrected chi connectivity index (χ0v) is 9.37. The highest BCUT2D eigenvalue weighted by molar-refractivity contribution is 7.91. The lowest BCUT2D eigenvalue weighted by molar-refractivity contribution is -0.155. The standard InChI is InChI=1S/C8H13NO5S/c1-6(10)9(2)8(7(11)12)3-4-15(13,14)5-8/h3-5H2,1-2H3,(H,11,12). The Kier molecular flexibility index (Phi) is 2.77. The third-order valence-electron chi connectivity index (χ3n) is 2.80. The first-order valence-electron chi connectivity index (χ1n) is 4.39. The molecule has 1 amide bonds. The van der Waals surface area contributed by atoms with E-state index in [4.69, 9.17) is 5.11 Å². The van der Waals surface area contributed by atoms with Crippen LogP contribution in [0.25, 0.3) is 0 Å². The fourth-order valence-corrected chi connectivity index (χ4v) is 3.69. The molecule has 0 aliphatic carbocycles. The summed E-state index contributed by atoms with van der Waals surface area (Å²) in [7, 11) is -2.04. The minimum absolute atomic E-state index is 0.0409. The first kappa shape index (κ1) is 12.0. The number of nitrogens with zero attached hydrogens (tertiary/aromatic N) is 1. The molecule has 1 aliphatic rings. The van der Waals surface area contributed by atoms with Gasteiger partial charge in [0, 0.05) is 14.0 Å². The number of rotatable bonds is 2. The molecule has 0 bridgehead atoms. The van der Waals surface area contributed by atoms with Crippen LogP contribution in [-0.4, -0.2) is 54.4 Å². The minimum Gasteiger partial charge on any atom is -0.479 e. The molecule has 6 nitrogen and oxygen atoms in total. The number of amides is 1. The van der Waals surface area contributed by atoms with Gasteiger partial charge in [-0.1, -0.05) is 0 Å². The Morgan fingerprint density at radius 1 is 1.40 bits per heavy atom. The molecule has 1 rings (SSSR count). The van der Waals surface area contributed by atoms with Crippen LogP contribution < -0.4 is 0 Å². The Hall–Kier alpha value is -1.11. The van der Waals surface area contributed by atoms with E-state index >= 15 is 0 Å². The molecular formula is C8H13NO5S. The molecule has 0 saturated carbocycles. The number of hydrogen-bond donors (Lipinski definition) is 1. The second-order valence-corrected chi connectivity index (χ2v) is 5.94. The highest BCUT2D eigenvalue weighted by atomic mass is 32.2. The molecule has 1 atom stereocenters. The fourth-order valence-electron chi connectivity index (χ4n) is 1.71. The van der Waals surface area contributed by atoms with Crippen LogP contribution >= 0.6 is 0 Å². The molecule has 15 heavy (non-hydrogen) atoms. The normalized spacial score (nSPS) is 28.7. The number of carbonyl (C=O) groups is 2. The topological polar surface area (TPSA) is 91.8 Å². The van der Waals surface area contributed by atoms with Crippen molar-refractivity contribution >= 4 is 21.7 Å². The van der Waals surface area contributed by atoms with Crippen LogP contribution in [0.5, 0.6) is 0 Å². The lowest BCUT2D eigenvalue weighted by Crippen LogP contribution is -2.55. The molecule has 1 heterocycles. The summed E-state index contributed by atoms with van der Waals surface area (Å²) >= 11 is 0. The Morgan fingerprint density at radius 3 is 2.20 bits per heavy atom. The Morgan fingerprint density at radius 2 is 1.93 bits per heavy atom. The number of carboxylic acid groups (broad SMARTS) is 1. The number of sulfone groups is 1. The van der Waals surface area contributed by atoms with E-state index in [1.165, 1.54) is 14.0 Å². The summed E-state index contributed by atoms with van der Waals surface area (Å²) in [5.41, 5.74) is -1.58. The number of aliphatic carboxylic acids is 1. The van der Waals surface area contributed by atoms with Gasteiger partial charge in [-0.3, -0.25) is 4.79 Å². The molecule has 0 aromatic carbocycles. The first-order chi connectivity index (χ1) is 6.71. The number of carboxylic acids is 1. The molecule has 1 aliphatic heterocycles. The monoisotopic (exact) mass is 235 g/mol. The van der Waals surface area contributed by atoms with E-state index in [2.05, 4.69) is 0 Å². The molecule has 0 aromatic rings. The van der Waals surface area contributed by atoms with Gasteiger partial charge in [-0.2, -0.15) is 0 Å². The number of hydrogen-bond acceptors (Lipinski definition) is 4. The lowest BCUT2D eigenvalue weighted by Gasteiger charge is -2.32. The van der Waals surface area contributed by atoms with Crippen molar-refractivity contribution in [2.75, 3.05) is 18.6 Å². The van der Waals surface area contributed by atoms with Gasteiger partial charge < -0.3 is 10.0 Å². The van der Waals surface area contributed by atoms with E-state index in [1.807, 2.05) is 0 Å². The van der Waals surface area contributed by atoms with Crippen LogP contribution in [0.1, 0.15) is 13.3 Å². The summed E-state index contributed by atoms with van der Waals surface area (Å²) in [6.07, 6.45) is -0.0409. The molecule has 7 heteroatoms. The third-order valence-corrected chi connectivity index (χ3v) is 4.54. The van der Waals surface area contributed by atoms with E-state index < -0.39 is 33.0 Å². The quantitative estimate of drug-likeness (QED) is 0.670. The second kappa shape index (κ2) is 3.48. The maximum absolute atomic E-state index is 11.3. The molecule has 0 aromatic heterocycles. The van der Waals surface area contributed by atoms with Crippen molar-refractivity contribution in [3.8, 4) is 0 Å². The van der Waals surface area contributed by atoms with Gasteiger partial charge in [0.05, 0.1) is 11.5 Å². The highest BCUT2D eigenvalue weighted by Gasteiger charge is 2.52. The molecule has 0 spiro atoms. The van der Waals surface area contributed by atoms with Crippen molar-refractivity contribution in [2.45, 2.75) is 18.9 Å². The van der Waals surface area contributed by atoms with Gasteiger partial charge in [-0.15, -0.1) is 0 Å². The summed E-state index contributed by atoms with van der Waals surface area (Å²) in [6.45, 7) is 1.22. The summed E-state index contributed by atoms with van der Waals surface area (Å²) < 4.78 is 22.6. The van der Waals surface area contributed by atoms with Gasteiger partial charge in [-0.25, -0.2) is 13.2 Å². The second-order valence-electron chi connectivity index (χ2n) is 3.76. The third kappa shape index (κ3) is 1.97. The van der Waals surface area contributed by atoms with E-state index in [-0.39, 0.29) is 12.2 Å². The van der Waals surface area contributed by atoms with Crippen LogP contribution in [0.15, 0.2) is 0 Å². The summed E-state index contributed by atoms with van der Waals surface area (Å²) in [5.74, 6) is -2.39. The van der Waals surface area contributed by atoms with Crippen LogP contribution in [0.4, 0.5) is 0 Å². The van der Waals surface area contributed by atoms with Crippen molar-refractivity contribution in [3.63, 3.8) is 0 Å². The molecule has 1 unspecified atom stereocenters. The van der Waals surface area contributed by atoms with Gasteiger partial charge in [-0.05, 0) is 6.42 Å². The van der Waals surface area contributed by atoms with Crippen molar-refractivity contribution in [2.24, 2.45) is 0 Å². The van der Waals surface area contributed by atoms with Gasteiger partial charge >= 0.3 is 5.97 Å². The van der Waals surface area contributed by atoms with Crippen LogP contribution in [0, 0.1) is 0 Å². The largest absolute Gasteiger partial charge is 0.479 e. The summed E-state index contributed by atoms with van der Waals surface area (Å²) in [6, 6.07) is 0. The van der Waals surface area contributed by atoms with E-state index in [9.17, 15) is 18.0 Å². The van der Waals surface area contributed by atoms with Gasteiger partial charge in [0.2, 0.25) is 5.91 Å². The van der Waals surface area contributed by atoms with Crippen molar-refractivity contribution < 1.29 is 23.1 Å². The van der Waals surface area contributed by atoms with Gasteiger partial charge in [0.1, 0.15) is 0 Å². The number of likely N-dealkylation sites (N-methyl/N-ethyl adjacent to an activating group) is 1. The zero-order chi connectivity index (χ0) is 11.9. The Balaban J connectivity index is 3.13. The first-order valence-corrected chi connectivity index (χ1v) is 6.22. The van der Waals surface area contributed by atoms with Gasteiger partial charge in [0.15, 0.2) is 15.4 Å². The smallest absolute Gasteiger partial charge is 0.330 e. The SMILES string of the molecule is CC(=O)N(C)C1(C(=O)O)CCS(=O)(=O)C1. The van der Waals surface area contributed by atoms with Crippen LogP contribution in [0.2, 0.25) is 0 Å². The van der Waals surface area contributed by atoms with E-state index in [1.54, 1.807) is 0 Å². The molecule has 1 N–H and O–H groups in total. The maximum atomic E-state index is 11.3. The Labute approximate surface area is 87.8 Å². The molecular weight excluding hydrogens is 222 g/mol. The minimum atomic E-state index is -3.35. The molecule has 86 valence electrons. The fraction of sp³-hybridized carbons (Fsp3) is 0.750. The predicted octanol–water partition coefficient (Wildman–Crippen LogP) is -0.893. The predicted molar refractivity (Wildman–Crippen MR) is 52.1 cm³/mol. The highest BCUT2D eigenvalue weighted by Crippen LogP contribution is 2.29. The van der Waals surface area contributed by atoms with Crippen molar-refractivity contribution in [1.82, 2.24) is 4.90 Å². The summed E-state index contributed by atoms with van der Waals surface area (Å²) in [4.78, 5) is 23.2. The van der Waals surface area contributed by atoms with Crippen LogP contribution in [-0.2, 0) is 19.4 Å². The molecule has 0 radical (unpaired) electrons. The maximum Gasteiger partial charge on any atom is 0.330 e. The molecule has 1 saturated heterocycles. The lowest BCUT2D eigenvalue weighted by atomic mass is 9.97. The molecule has 1 fully saturated rings. The Bertz CT molecular complexity index is 401. The average molecular weight is 235 g/mol. The van der Waals surface area contributed by atoms with Crippen molar-refractivity contribution in [3.05, 3.63) is 0 Å². The zero-order valence-electron chi connectivity index (χ0n) is 8.56. The number of carbonyl (C=O) groups excluding carboxylic acids is 1. The summed E-state index contributed by atoms with van der Waals surface area (Å²) in [5, 5.41) is 9.06. The van der Waals surface area contributed by atoms with Gasteiger partial charge in [0.25, 0.3) is 0 Å². The van der Waals surface area contributed by atoms with Crippen molar-refractivity contribution in [1.29, 1.82) is 0 Å².